The van der Waals surface area contributed by atoms with Crippen LogP contribution in [0.25, 0.3) is 0 Å². The number of hydrogen-bond donors (Lipinski definition) is 0. The van der Waals surface area contributed by atoms with E-state index in [0.717, 1.165) is 12.5 Å². The average Bonchev–Trinajstić information content (AvgIpc) is 2.41. The molecule has 0 heterocycles. The Balaban J connectivity index is 1.87. The largest absolute Gasteiger partial charge is 0.417 e. The molecule has 1 aliphatic carbocycles. The molecule has 0 N–H and O–H groups in total. The van der Waals surface area contributed by atoms with Gasteiger partial charge in [-0.15, -0.1) is 0 Å². The van der Waals surface area contributed by atoms with Gasteiger partial charge in [0, 0.05) is 6.61 Å². The van der Waals surface area contributed by atoms with Crippen LogP contribution in [0.15, 0.2) is 0 Å². The van der Waals surface area contributed by atoms with Gasteiger partial charge in [0.05, 0.1) is 0 Å². The summed E-state index contributed by atoms with van der Waals surface area (Å²) < 4.78 is 5.47. The van der Waals surface area contributed by atoms with Gasteiger partial charge in [0.15, 0.2) is 0 Å². The maximum absolute atomic E-state index is 5.47. The van der Waals surface area contributed by atoms with Crippen LogP contribution in [-0.2, 0) is 4.43 Å². The topological polar surface area (TPSA) is 9.23 Å². The van der Waals surface area contributed by atoms with E-state index in [0.29, 0.717) is 0 Å². The third-order valence-corrected chi connectivity index (χ3v) is 2.05. The van der Waals surface area contributed by atoms with E-state index in [9.17, 15) is 0 Å². The highest BCUT2D eigenvalue weighted by Gasteiger charge is 2.21. The fourth-order valence-electron chi connectivity index (χ4n) is 0.569. The Bertz CT molecular complexity index is 66.9. The van der Waals surface area contributed by atoms with Gasteiger partial charge >= 0.3 is 0 Å². The van der Waals surface area contributed by atoms with Crippen LogP contribution in [0.1, 0.15) is 12.8 Å². The van der Waals surface area contributed by atoms with Gasteiger partial charge in [0.25, 0.3) is 0 Å². The molecule has 1 fully saturated rings. The molecule has 0 unspecified atom stereocenters. The molecule has 0 atom stereocenters. The van der Waals surface area contributed by atoms with Crippen molar-refractivity contribution in [2.24, 2.45) is 5.92 Å². The van der Waals surface area contributed by atoms with E-state index >= 15 is 0 Å². The monoisotopic (exact) mass is 129 g/mol. The van der Waals surface area contributed by atoms with Gasteiger partial charge in [0.2, 0.25) is 9.04 Å². The van der Waals surface area contributed by atoms with Crippen LogP contribution in [0.5, 0.6) is 0 Å². The van der Waals surface area contributed by atoms with Gasteiger partial charge in [-0.25, -0.2) is 0 Å². The van der Waals surface area contributed by atoms with Crippen molar-refractivity contribution in [2.75, 3.05) is 6.61 Å². The molecule has 1 radical (unpaired) electrons. The lowest BCUT2D eigenvalue weighted by atomic mass is 10.5. The predicted molar refractivity (Wildman–Crippen MR) is 36.2 cm³/mol. The van der Waals surface area contributed by atoms with Crippen LogP contribution in [0, 0.1) is 5.92 Å². The Hall–Kier alpha value is 0.177. The lowest BCUT2D eigenvalue weighted by molar-refractivity contribution is 0.307. The van der Waals surface area contributed by atoms with Crippen molar-refractivity contribution in [3.63, 3.8) is 0 Å². The van der Waals surface area contributed by atoms with Crippen LogP contribution in [-0.4, -0.2) is 15.6 Å². The molecule has 1 aliphatic rings. The van der Waals surface area contributed by atoms with Crippen LogP contribution >= 0.6 is 0 Å². The first-order chi connectivity index (χ1) is 3.79. The van der Waals surface area contributed by atoms with E-state index in [2.05, 4.69) is 13.1 Å². The maximum atomic E-state index is 5.47. The van der Waals surface area contributed by atoms with Crippen molar-refractivity contribution in [2.45, 2.75) is 25.9 Å². The SMILES string of the molecule is C[Si](C)OCC1CC1. The summed E-state index contributed by atoms with van der Waals surface area (Å²) in [6.07, 6.45) is 2.82. The summed E-state index contributed by atoms with van der Waals surface area (Å²) in [6.45, 7) is 5.42. The number of hydrogen-bond acceptors (Lipinski definition) is 1. The summed E-state index contributed by atoms with van der Waals surface area (Å²) in [4.78, 5) is 0. The quantitative estimate of drug-likeness (QED) is 0.527. The highest BCUT2D eigenvalue weighted by atomic mass is 28.3. The minimum Gasteiger partial charge on any atom is -0.417 e. The minimum atomic E-state index is -0.390. The molecular weight excluding hydrogens is 116 g/mol. The zero-order chi connectivity index (χ0) is 5.98. The van der Waals surface area contributed by atoms with Crippen molar-refractivity contribution in [1.29, 1.82) is 0 Å². The lowest BCUT2D eigenvalue weighted by Crippen LogP contribution is -2.09. The summed E-state index contributed by atoms with van der Waals surface area (Å²) in [5.41, 5.74) is 0. The van der Waals surface area contributed by atoms with Gasteiger partial charge in [-0.1, -0.05) is 0 Å². The molecule has 0 bridgehead atoms. The molecule has 0 spiro atoms. The molecule has 8 heavy (non-hydrogen) atoms. The number of rotatable bonds is 3. The first-order valence-corrected chi connectivity index (χ1v) is 5.63. The van der Waals surface area contributed by atoms with Crippen molar-refractivity contribution < 1.29 is 4.43 Å². The highest BCUT2D eigenvalue weighted by Crippen LogP contribution is 2.28. The van der Waals surface area contributed by atoms with E-state index in [1.165, 1.54) is 12.8 Å². The highest BCUT2D eigenvalue weighted by molar-refractivity contribution is 6.48. The van der Waals surface area contributed by atoms with Gasteiger partial charge in [-0.05, 0) is 31.9 Å². The smallest absolute Gasteiger partial charge is 0.204 e. The van der Waals surface area contributed by atoms with E-state index in [-0.39, 0.29) is 9.04 Å². The Morgan fingerprint density at radius 3 is 2.50 bits per heavy atom. The molecule has 0 aromatic rings. The van der Waals surface area contributed by atoms with Crippen LogP contribution in [0.3, 0.4) is 0 Å². The molecule has 0 amide bonds. The minimum absolute atomic E-state index is 0.390. The van der Waals surface area contributed by atoms with E-state index in [1.807, 2.05) is 0 Å². The molecule has 0 aromatic heterocycles. The molecule has 1 saturated carbocycles. The molecule has 1 rings (SSSR count). The molecule has 0 aromatic carbocycles. The molecular formula is C6H13OSi. The van der Waals surface area contributed by atoms with Crippen LogP contribution in [0.4, 0.5) is 0 Å². The normalized spacial score (nSPS) is 19.9. The van der Waals surface area contributed by atoms with E-state index in [4.69, 9.17) is 4.43 Å². The van der Waals surface area contributed by atoms with Gasteiger partial charge in [-0.2, -0.15) is 0 Å². The van der Waals surface area contributed by atoms with Crippen molar-refractivity contribution in [3.05, 3.63) is 0 Å². The van der Waals surface area contributed by atoms with Gasteiger partial charge < -0.3 is 4.43 Å². The molecule has 1 nitrogen and oxygen atoms in total. The fourth-order valence-corrected chi connectivity index (χ4v) is 1.14. The zero-order valence-corrected chi connectivity index (χ0v) is 6.61. The summed E-state index contributed by atoms with van der Waals surface area (Å²) in [6, 6.07) is 0. The van der Waals surface area contributed by atoms with Crippen molar-refractivity contribution in [1.82, 2.24) is 0 Å². The Labute approximate surface area is 52.8 Å². The summed E-state index contributed by atoms with van der Waals surface area (Å²) in [7, 11) is -0.390. The molecule has 47 valence electrons. The Morgan fingerprint density at radius 1 is 1.50 bits per heavy atom. The van der Waals surface area contributed by atoms with Gasteiger partial charge in [0.1, 0.15) is 0 Å². The third kappa shape index (κ3) is 2.48. The second-order valence-electron chi connectivity index (χ2n) is 2.66. The van der Waals surface area contributed by atoms with Crippen molar-refractivity contribution in [3.8, 4) is 0 Å². The summed E-state index contributed by atoms with van der Waals surface area (Å²) in [5.74, 6) is 0.940. The molecule has 2 heteroatoms. The first kappa shape index (κ1) is 6.30. The summed E-state index contributed by atoms with van der Waals surface area (Å²) in [5, 5.41) is 0. The summed E-state index contributed by atoms with van der Waals surface area (Å²) >= 11 is 0. The van der Waals surface area contributed by atoms with Crippen LogP contribution in [0.2, 0.25) is 13.1 Å². The first-order valence-electron chi connectivity index (χ1n) is 3.22. The maximum Gasteiger partial charge on any atom is 0.204 e. The predicted octanol–water partition coefficient (Wildman–Crippen LogP) is 1.66. The fraction of sp³-hybridized carbons (Fsp3) is 1.00. The zero-order valence-electron chi connectivity index (χ0n) is 5.61. The van der Waals surface area contributed by atoms with Gasteiger partial charge in [-0.3, -0.25) is 0 Å². The Kier molecular flexibility index (Phi) is 2.08. The van der Waals surface area contributed by atoms with E-state index in [1.54, 1.807) is 0 Å². The van der Waals surface area contributed by atoms with E-state index < -0.39 is 0 Å². The third-order valence-electron chi connectivity index (χ3n) is 1.30. The van der Waals surface area contributed by atoms with Crippen LogP contribution < -0.4 is 0 Å². The van der Waals surface area contributed by atoms with Crippen molar-refractivity contribution >= 4 is 9.04 Å². The standard InChI is InChI=1S/C6H13OSi/c1-8(2)7-5-6-3-4-6/h6H,3-5H2,1-2H3. The second-order valence-corrected chi connectivity index (χ2v) is 4.77. The lowest BCUT2D eigenvalue weighted by Gasteiger charge is -2.02. The molecule has 0 aliphatic heterocycles. The second kappa shape index (κ2) is 2.64. The Morgan fingerprint density at radius 2 is 2.12 bits per heavy atom. The average molecular weight is 129 g/mol. The molecule has 0 saturated heterocycles.